The van der Waals surface area contributed by atoms with Gasteiger partial charge in [0, 0.05) is 6.42 Å². The maximum absolute atomic E-state index is 5.50. The molecule has 1 rings (SSSR count). The molecule has 11 heavy (non-hydrogen) atoms. The molecule has 6 nitrogen and oxygen atoms in total. The summed E-state index contributed by atoms with van der Waals surface area (Å²) in [4.78, 5) is 0. The molecule has 0 saturated heterocycles. The molecule has 60 valence electrons. The van der Waals surface area contributed by atoms with E-state index in [2.05, 4.69) is 22.2 Å². The lowest BCUT2D eigenvalue weighted by Crippen LogP contribution is -2.19. The largest absolute Gasteiger partial charge is 0.335 e. The Morgan fingerprint density at radius 1 is 1.64 bits per heavy atom. The third kappa shape index (κ3) is 1.30. The molecule has 0 aromatic carbocycles. The number of hydrogen-bond donors (Lipinski definition) is 3. The van der Waals surface area contributed by atoms with Gasteiger partial charge in [-0.2, -0.15) is 0 Å². The highest BCUT2D eigenvalue weighted by Gasteiger charge is 2.04. The van der Waals surface area contributed by atoms with Crippen molar-refractivity contribution in [2.24, 2.45) is 5.84 Å². The Morgan fingerprint density at radius 3 is 2.82 bits per heavy atom. The van der Waals surface area contributed by atoms with Crippen molar-refractivity contribution in [3.63, 3.8) is 0 Å². The topological polar surface area (TPSA) is 94.8 Å². The van der Waals surface area contributed by atoms with Crippen molar-refractivity contribution in [3.8, 4) is 0 Å². The van der Waals surface area contributed by atoms with Gasteiger partial charge >= 0.3 is 0 Å². The molecule has 0 fully saturated rings. The number of nitrogens with two attached hydrogens (primary N) is 2. The molecular weight excluding hydrogens is 144 g/mol. The first-order valence-corrected chi connectivity index (χ1v) is 3.06. The lowest BCUT2D eigenvalue weighted by atomic mass is 10.4. The lowest BCUT2D eigenvalue weighted by Gasteiger charge is -1.99. The second-order valence-electron chi connectivity index (χ2n) is 1.95. The maximum Gasteiger partial charge on any atom is 0.257 e. The molecule has 6 heteroatoms. The monoisotopic (exact) mass is 154 g/mol. The summed E-state index contributed by atoms with van der Waals surface area (Å²) in [6.45, 7) is 3.54. The molecule has 0 spiro atoms. The molecule has 0 aliphatic carbocycles. The van der Waals surface area contributed by atoms with Crippen molar-refractivity contribution in [1.82, 2.24) is 14.9 Å². The highest BCUT2D eigenvalue weighted by Crippen LogP contribution is 2.00. The van der Waals surface area contributed by atoms with E-state index >= 15 is 0 Å². The van der Waals surface area contributed by atoms with Crippen molar-refractivity contribution in [2.75, 3.05) is 11.3 Å². The van der Waals surface area contributed by atoms with Crippen LogP contribution in [0.3, 0.4) is 0 Å². The third-order valence-corrected chi connectivity index (χ3v) is 1.22. The van der Waals surface area contributed by atoms with Crippen LogP contribution in [0.5, 0.6) is 0 Å². The molecule has 0 aliphatic rings. The average molecular weight is 154 g/mol. The van der Waals surface area contributed by atoms with Gasteiger partial charge in [-0.05, 0) is 0 Å². The van der Waals surface area contributed by atoms with Crippen LogP contribution in [0.2, 0.25) is 0 Å². The molecule has 0 bridgehead atoms. The van der Waals surface area contributed by atoms with Crippen LogP contribution in [0.15, 0.2) is 12.7 Å². The van der Waals surface area contributed by atoms with Crippen molar-refractivity contribution in [1.29, 1.82) is 0 Å². The van der Waals surface area contributed by atoms with E-state index in [1.807, 2.05) is 0 Å². The first-order chi connectivity index (χ1) is 5.29. The van der Waals surface area contributed by atoms with Crippen LogP contribution in [-0.2, 0) is 6.42 Å². The number of hydrogen-bond acceptors (Lipinski definition) is 5. The Kier molecular flexibility index (Phi) is 2.07. The number of nitrogen functional groups attached to an aromatic ring is 2. The van der Waals surface area contributed by atoms with Crippen LogP contribution in [0.4, 0.5) is 5.95 Å². The summed E-state index contributed by atoms with van der Waals surface area (Å²) in [6.07, 6.45) is 2.26. The Hall–Kier alpha value is -1.56. The first kappa shape index (κ1) is 7.55. The maximum atomic E-state index is 5.50. The summed E-state index contributed by atoms with van der Waals surface area (Å²) in [5.41, 5.74) is 2.30. The van der Waals surface area contributed by atoms with Gasteiger partial charge in [-0.3, -0.25) is 5.43 Å². The smallest absolute Gasteiger partial charge is 0.257 e. The van der Waals surface area contributed by atoms with Gasteiger partial charge in [0.25, 0.3) is 5.95 Å². The molecule has 0 radical (unpaired) electrons. The standard InChI is InChI=1S/C5H10N6/c1-2-3-4-9-10-5(8-6)11(4)7/h2H,1,3,6-7H2,(H,8,10). The van der Waals surface area contributed by atoms with Crippen LogP contribution >= 0.6 is 0 Å². The molecule has 1 heterocycles. The molecule has 0 atom stereocenters. The lowest BCUT2D eigenvalue weighted by molar-refractivity contribution is 0.887. The van der Waals surface area contributed by atoms with Crippen molar-refractivity contribution in [3.05, 3.63) is 18.5 Å². The van der Waals surface area contributed by atoms with E-state index in [4.69, 9.17) is 11.7 Å². The fourth-order valence-electron chi connectivity index (χ4n) is 0.690. The predicted octanol–water partition coefficient (Wildman–Crippen LogP) is -0.994. The van der Waals surface area contributed by atoms with Gasteiger partial charge in [-0.15, -0.1) is 16.8 Å². The molecule has 1 aromatic rings. The summed E-state index contributed by atoms with van der Waals surface area (Å²) in [7, 11) is 0. The fourth-order valence-corrected chi connectivity index (χ4v) is 0.690. The van der Waals surface area contributed by atoms with Crippen LogP contribution in [0.25, 0.3) is 0 Å². The van der Waals surface area contributed by atoms with E-state index in [-0.39, 0.29) is 0 Å². The number of aromatic nitrogens is 3. The second-order valence-corrected chi connectivity index (χ2v) is 1.95. The molecule has 0 aliphatic heterocycles. The van der Waals surface area contributed by atoms with Crippen LogP contribution in [0.1, 0.15) is 5.82 Å². The quantitative estimate of drug-likeness (QED) is 0.295. The minimum atomic E-state index is 0.335. The van der Waals surface area contributed by atoms with Gasteiger partial charge in [0.15, 0.2) is 5.82 Å². The number of hydrazine groups is 1. The number of anilines is 1. The van der Waals surface area contributed by atoms with Crippen LogP contribution in [0, 0.1) is 0 Å². The highest BCUT2D eigenvalue weighted by molar-refractivity contribution is 5.23. The molecule has 1 aromatic heterocycles. The molecule has 0 unspecified atom stereocenters. The second kappa shape index (κ2) is 3.02. The van der Waals surface area contributed by atoms with Gasteiger partial charge in [0.2, 0.25) is 0 Å². The summed E-state index contributed by atoms with van der Waals surface area (Å²) < 4.78 is 1.28. The highest BCUT2D eigenvalue weighted by atomic mass is 15.5. The third-order valence-electron chi connectivity index (χ3n) is 1.22. The normalized spacial score (nSPS) is 9.55. The molecule has 0 saturated carbocycles. The van der Waals surface area contributed by atoms with E-state index in [0.29, 0.717) is 18.2 Å². The van der Waals surface area contributed by atoms with Gasteiger partial charge in [0.1, 0.15) is 0 Å². The molecule has 5 N–H and O–H groups in total. The summed E-state index contributed by atoms with van der Waals surface area (Å²) in [5, 5.41) is 7.41. The van der Waals surface area contributed by atoms with Crippen LogP contribution < -0.4 is 17.1 Å². The zero-order chi connectivity index (χ0) is 8.27. The Labute approximate surface area is 63.8 Å². The van der Waals surface area contributed by atoms with E-state index in [0.717, 1.165) is 0 Å². The zero-order valence-corrected chi connectivity index (χ0v) is 5.99. The van der Waals surface area contributed by atoms with E-state index in [1.54, 1.807) is 6.08 Å². The van der Waals surface area contributed by atoms with Crippen molar-refractivity contribution in [2.45, 2.75) is 6.42 Å². The average Bonchev–Trinajstić information content (AvgIpc) is 2.34. The van der Waals surface area contributed by atoms with E-state index in [1.165, 1.54) is 4.68 Å². The molecule has 0 amide bonds. The van der Waals surface area contributed by atoms with E-state index in [9.17, 15) is 0 Å². The number of nitrogens with one attached hydrogen (secondary N) is 1. The summed E-state index contributed by atoms with van der Waals surface area (Å²) >= 11 is 0. The van der Waals surface area contributed by atoms with Gasteiger partial charge in [0.05, 0.1) is 0 Å². The number of rotatable bonds is 3. The number of nitrogens with zero attached hydrogens (tertiary/aromatic N) is 3. The van der Waals surface area contributed by atoms with Gasteiger partial charge in [-0.1, -0.05) is 6.08 Å². The Morgan fingerprint density at radius 2 is 2.36 bits per heavy atom. The van der Waals surface area contributed by atoms with Gasteiger partial charge < -0.3 is 5.84 Å². The summed E-state index contributed by atoms with van der Waals surface area (Å²) in [6, 6.07) is 0. The summed E-state index contributed by atoms with van der Waals surface area (Å²) in [5.74, 6) is 11.5. The van der Waals surface area contributed by atoms with Crippen molar-refractivity contribution >= 4 is 5.95 Å². The predicted molar refractivity (Wildman–Crippen MR) is 41.9 cm³/mol. The zero-order valence-electron chi connectivity index (χ0n) is 5.99. The minimum Gasteiger partial charge on any atom is -0.335 e. The Bertz CT molecular complexity index is 251. The number of allylic oxidation sites excluding steroid dienone is 1. The molecular formula is C5H10N6. The Balaban J connectivity index is 2.90. The van der Waals surface area contributed by atoms with Gasteiger partial charge in [-0.25, -0.2) is 10.5 Å². The SMILES string of the molecule is C=CCc1nnc(NN)n1N. The fraction of sp³-hybridized carbons (Fsp3) is 0.200. The van der Waals surface area contributed by atoms with Crippen LogP contribution in [-0.4, -0.2) is 14.9 Å². The van der Waals surface area contributed by atoms with E-state index < -0.39 is 0 Å². The minimum absolute atomic E-state index is 0.335. The first-order valence-electron chi connectivity index (χ1n) is 3.06. The van der Waals surface area contributed by atoms with Crippen molar-refractivity contribution < 1.29 is 0 Å².